The Labute approximate surface area is 62.6 Å². The molecule has 0 aromatic rings. The second kappa shape index (κ2) is 7.54. The zero-order valence-electron chi connectivity index (χ0n) is 5.61. The van der Waals surface area contributed by atoms with E-state index in [1.165, 1.54) is 17.3 Å². The molecular weight excluding hydrogens is 203 g/mol. The van der Waals surface area contributed by atoms with Gasteiger partial charge in [-0.3, -0.25) is 0 Å². The first-order chi connectivity index (χ1) is 3.91. The number of hydrogen-bond donors (Lipinski definition) is 0. The summed E-state index contributed by atoms with van der Waals surface area (Å²) in [5, 5.41) is 0. The SMILES string of the molecule is C=C[CH2][Sn][CH2]CCC. The van der Waals surface area contributed by atoms with E-state index in [-0.39, 0.29) is 21.1 Å². The summed E-state index contributed by atoms with van der Waals surface area (Å²) in [7, 11) is 0. The maximum absolute atomic E-state index is 3.70. The van der Waals surface area contributed by atoms with E-state index >= 15 is 0 Å². The van der Waals surface area contributed by atoms with E-state index in [9.17, 15) is 0 Å². The summed E-state index contributed by atoms with van der Waals surface area (Å²) < 4.78 is 2.91. The van der Waals surface area contributed by atoms with Crippen molar-refractivity contribution >= 4 is 21.1 Å². The van der Waals surface area contributed by atoms with Crippen LogP contribution in [-0.4, -0.2) is 21.1 Å². The topological polar surface area (TPSA) is 0 Å². The van der Waals surface area contributed by atoms with Gasteiger partial charge in [-0.15, -0.1) is 0 Å². The van der Waals surface area contributed by atoms with Crippen molar-refractivity contribution < 1.29 is 0 Å². The van der Waals surface area contributed by atoms with E-state index in [1.54, 1.807) is 4.44 Å². The van der Waals surface area contributed by atoms with Gasteiger partial charge in [0.1, 0.15) is 0 Å². The monoisotopic (exact) mass is 218 g/mol. The third kappa shape index (κ3) is 6.54. The molecule has 2 radical (unpaired) electrons. The Morgan fingerprint density at radius 1 is 1.62 bits per heavy atom. The average Bonchev–Trinajstić information content (AvgIpc) is 1.81. The van der Waals surface area contributed by atoms with Crippen LogP contribution in [0.4, 0.5) is 0 Å². The standard InChI is InChI=1S/C4H9.C3H5.Sn/c1-3-4-2;1-3-2;/h1,3-4H2,2H3;3H,1-2H2;. The van der Waals surface area contributed by atoms with Gasteiger partial charge in [0.2, 0.25) is 0 Å². The fraction of sp³-hybridized carbons (Fsp3) is 0.714. The molecule has 0 spiro atoms. The van der Waals surface area contributed by atoms with Gasteiger partial charge in [-0.25, -0.2) is 0 Å². The fourth-order valence-corrected chi connectivity index (χ4v) is 3.39. The van der Waals surface area contributed by atoms with Gasteiger partial charge in [0.15, 0.2) is 0 Å². The van der Waals surface area contributed by atoms with Gasteiger partial charge >= 0.3 is 62.4 Å². The second-order valence-corrected chi connectivity index (χ2v) is 5.87. The molecule has 0 aromatic carbocycles. The van der Waals surface area contributed by atoms with Crippen molar-refractivity contribution in [3.8, 4) is 0 Å². The third-order valence-electron chi connectivity index (χ3n) is 0.996. The van der Waals surface area contributed by atoms with Gasteiger partial charge in [-0.05, 0) is 0 Å². The Balaban J connectivity index is 2.62. The molecule has 0 rings (SSSR count). The van der Waals surface area contributed by atoms with E-state index in [2.05, 4.69) is 19.6 Å². The second-order valence-electron chi connectivity index (χ2n) is 1.85. The van der Waals surface area contributed by atoms with E-state index in [1.807, 2.05) is 0 Å². The van der Waals surface area contributed by atoms with Crippen molar-refractivity contribution in [3.05, 3.63) is 12.7 Å². The molecule has 0 N–H and O–H groups in total. The predicted octanol–water partition coefficient (Wildman–Crippen LogP) is 2.51. The number of allylic oxidation sites excluding steroid dienone is 1. The first-order valence-corrected chi connectivity index (χ1v) is 7.27. The zero-order valence-corrected chi connectivity index (χ0v) is 8.47. The van der Waals surface area contributed by atoms with Crippen LogP contribution in [0.15, 0.2) is 12.7 Å². The molecule has 0 aliphatic heterocycles. The molecule has 1 heteroatoms. The van der Waals surface area contributed by atoms with Gasteiger partial charge < -0.3 is 0 Å². The Morgan fingerprint density at radius 3 is 2.88 bits per heavy atom. The summed E-state index contributed by atoms with van der Waals surface area (Å²) in [6, 6.07) is 0. The Hall–Kier alpha value is 0.539. The van der Waals surface area contributed by atoms with E-state index < -0.39 is 0 Å². The van der Waals surface area contributed by atoms with Crippen LogP contribution in [0.25, 0.3) is 0 Å². The minimum atomic E-state index is 0.0474. The molecule has 0 aromatic heterocycles. The molecule has 0 saturated heterocycles. The minimum absolute atomic E-state index is 0.0474. The van der Waals surface area contributed by atoms with Crippen molar-refractivity contribution in [3.63, 3.8) is 0 Å². The summed E-state index contributed by atoms with van der Waals surface area (Å²) in [6.07, 6.45) is 4.90. The van der Waals surface area contributed by atoms with Crippen molar-refractivity contribution in [2.45, 2.75) is 28.6 Å². The first kappa shape index (κ1) is 8.54. The number of rotatable bonds is 5. The van der Waals surface area contributed by atoms with E-state index in [0.717, 1.165) is 0 Å². The van der Waals surface area contributed by atoms with Crippen LogP contribution in [0.2, 0.25) is 8.87 Å². The number of unbranched alkanes of at least 4 members (excludes halogenated alkanes) is 1. The Morgan fingerprint density at radius 2 is 2.38 bits per heavy atom. The number of hydrogen-bond acceptors (Lipinski definition) is 0. The van der Waals surface area contributed by atoms with Crippen LogP contribution >= 0.6 is 0 Å². The summed E-state index contributed by atoms with van der Waals surface area (Å²) in [5.41, 5.74) is 0. The summed E-state index contributed by atoms with van der Waals surface area (Å²) in [5.74, 6) is 0. The molecule has 0 amide bonds. The van der Waals surface area contributed by atoms with Crippen LogP contribution < -0.4 is 0 Å². The van der Waals surface area contributed by atoms with Gasteiger partial charge in [0, 0.05) is 0 Å². The Bertz CT molecular complexity index is 50.3. The molecule has 0 fully saturated rings. The average molecular weight is 217 g/mol. The van der Waals surface area contributed by atoms with Crippen LogP contribution in [0.1, 0.15) is 19.8 Å². The van der Waals surface area contributed by atoms with Crippen LogP contribution in [-0.2, 0) is 0 Å². The summed E-state index contributed by atoms with van der Waals surface area (Å²) >= 11 is 0.0474. The fourth-order valence-electron chi connectivity index (χ4n) is 0.506. The van der Waals surface area contributed by atoms with Crippen LogP contribution in [0.3, 0.4) is 0 Å². The quantitative estimate of drug-likeness (QED) is 0.377. The van der Waals surface area contributed by atoms with Gasteiger partial charge in [0.25, 0.3) is 0 Å². The van der Waals surface area contributed by atoms with Crippen LogP contribution in [0, 0.1) is 0 Å². The van der Waals surface area contributed by atoms with E-state index in [0.29, 0.717) is 0 Å². The van der Waals surface area contributed by atoms with E-state index in [4.69, 9.17) is 0 Å². The molecule has 0 unspecified atom stereocenters. The molecule has 0 bridgehead atoms. The first-order valence-electron chi connectivity index (χ1n) is 3.23. The summed E-state index contributed by atoms with van der Waals surface area (Å²) in [4.78, 5) is 0. The van der Waals surface area contributed by atoms with Crippen LogP contribution in [0.5, 0.6) is 0 Å². The van der Waals surface area contributed by atoms with Crippen molar-refractivity contribution in [1.82, 2.24) is 0 Å². The Kier molecular flexibility index (Phi) is 8.05. The van der Waals surface area contributed by atoms with Gasteiger partial charge in [-0.2, -0.15) is 0 Å². The maximum atomic E-state index is 3.70. The normalized spacial score (nSPS) is 9.12. The zero-order chi connectivity index (χ0) is 6.24. The molecule has 0 aliphatic carbocycles. The van der Waals surface area contributed by atoms with Gasteiger partial charge in [-0.1, -0.05) is 0 Å². The molecular formula is C7H14Sn. The molecule has 0 saturated carbocycles. The third-order valence-corrected chi connectivity index (χ3v) is 4.66. The molecule has 0 nitrogen and oxygen atoms in total. The molecule has 0 atom stereocenters. The van der Waals surface area contributed by atoms with Crippen molar-refractivity contribution in [1.29, 1.82) is 0 Å². The van der Waals surface area contributed by atoms with Gasteiger partial charge in [0.05, 0.1) is 0 Å². The molecule has 0 heterocycles. The molecule has 8 heavy (non-hydrogen) atoms. The van der Waals surface area contributed by atoms with Crippen molar-refractivity contribution in [2.24, 2.45) is 0 Å². The molecule has 46 valence electrons. The molecule has 0 aliphatic rings. The predicted molar refractivity (Wildman–Crippen MR) is 40.5 cm³/mol. The summed E-state index contributed by atoms with van der Waals surface area (Å²) in [6.45, 7) is 5.96. The van der Waals surface area contributed by atoms with Crippen molar-refractivity contribution in [2.75, 3.05) is 0 Å².